The average Bonchev–Trinajstić information content (AvgIpc) is 2.60. The van der Waals surface area contributed by atoms with Crippen LogP contribution in [0.4, 0.5) is 0 Å². The second kappa shape index (κ2) is 8.53. The Kier molecular flexibility index (Phi) is 6.42. The minimum absolute atomic E-state index is 0.0466. The van der Waals surface area contributed by atoms with Gasteiger partial charge in [0.05, 0.1) is 0 Å². The molecule has 0 aliphatic heterocycles. The SMILES string of the molecule is CCC(CC)(CCc1ccc(Oc2ccccc2)cc1)NC(C)=O. The van der Waals surface area contributed by atoms with E-state index < -0.39 is 0 Å². The molecule has 0 spiro atoms. The quantitative estimate of drug-likeness (QED) is 0.732. The van der Waals surface area contributed by atoms with E-state index in [1.54, 1.807) is 6.92 Å². The van der Waals surface area contributed by atoms with Crippen molar-refractivity contribution < 1.29 is 9.53 Å². The zero-order valence-corrected chi connectivity index (χ0v) is 14.8. The minimum Gasteiger partial charge on any atom is -0.457 e. The third-order valence-electron chi connectivity index (χ3n) is 4.59. The highest BCUT2D eigenvalue weighted by molar-refractivity contribution is 5.73. The van der Waals surface area contributed by atoms with Gasteiger partial charge in [0.2, 0.25) is 5.91 Å². The second-order valence-electron chi connectivity index (χ2n) is 6.23. The van der Waals surface area contributed by atoms with Crippen molar-refractivity contribution >= 4 is 5.91 Å². The van der Waals surface area contributed by atoms with Crippen LogP contribution in [0.5, 0.6) is 11.5 Å². The molecule has 2 aromatic carbocycles. The van der Waals surface area contributed by atoms with Crippen molar-refractivity contribution in [2.45, 2.75) is 52.0 Å². The van der Waals surface area contributed by atoms with Gasteiger partial charge in [-0.1, -0.05) is 44.2 Å². The summed E-state index contributed by atoms with van der Waals surface area (Å²) in [7, 11) is 0. The molecular weight excluding hydrogens is 298 g/mol. The number of hydrogen-bond acceptors (Lipinski definition) is 2. The number of para-hydroxylation sites is 1. The van der Waals surface area contributed by atoms with Gasteiger partial charge in [0.25, 0.3) is 0 Å². The van der Waals surface area contributed by atoms with Gasteiger partial charge >= 0.3 is 0 Å². The number of amides is 1. The number of aryl methyl sites for hydroxylation is 1. The Hall–Kier alpha value is -2.29. The molecule has 1 N–H and O–H groups in total. The molecular formula is C21H27NO2. The first-order valence-corrected chi connectivity index (χ1v) is 8.67. The number of carbonyl (C=O) groups excluding carboxylic acids is 1. The Balaban J connectivity index is 1.97. The molecule has 24 heavy (non-hydrogen) atoms. The van der Waals surface area contributed by atoms with E-state index in [-0.39, 0.29) is 11.4 Å². The number of carbonyl (C=O) groups is 1. The van der Waals surface area contributed by atoms with Crippen LogP contribution in [-0.2, 0) is 11.2 Å². The van der Waals surface area contributed by atoms with Crippen LogP contribution in [-0.4, -0.2) is 11.4 Å². The summed E-state index contributed by atoms with van der Waals surface area (Å²) in [6.07, 6.45) is 3.77. The summed E-state index contributed by atoms with van der Waals surface area (Å²) in [6, 6.07) is 18.0. The van der Waals surface area contributed by atoms with Crippen molar-refractivity contribution in [1.29, 1.82) is 0 Å². The summed E-state index contributed by atoms with van der Waals surface area (Å²) < 4.78 is 5.82. The van der Waals surface area contributed by atoms with Gasteiger partial charge in [-0.2, -0.15) is 0 Å². The Morgan fingerprint density at radius 2 is 1.54 bits per heavy atom. The molecule has 0 saturated carbocycles. The zero-order valence-electron chi connectivity index (χ0n) is 14.8. The third kappa shape index (κ3) is 5.12. The molecule has 0 aliphatic rings. The first-order chi connectivity index (χ1) is 11.6. The normalized spacial score (nSPS) is 11.1. The molecule has 0 bridgehead atoms. The van der Waals surface area contributed by atoms with Crippen molar-refractivity contribution in [3.05, 3.63) is 60.2 Å². The maximum absolute atomic E-state index is 11.5. The van der Waals surface area contributed by atoms with Gasteiger partial charge in [-0.05, 0) is 55.5 Å². The Bertz CT molecular complexity index is 631. The highest BCUT2D eigenvalue weighted by Gasteiger charge is 2.26. The lowest BCUT2D eigenvalue weighted by molar-refractivity contribution is -0.121. The minimum atomic E-state index is -0.106. The molecule has 0 unspecified atom stereocenters. The van der Waals surface area contributed by atoms with E-state index in [0.717, 1.165) is 37.2 Å². The van der Waals surface area contributed by atoms with Gasteiger partial charge < -0.3 is 10.1 Å². The van der Waals surface area contributed by atoms with E-state index in [1.807, 2.05) is 42.5 Å². The highest BCUT2D eigenvalue weighted by Crippen LogP contribution is 2.25. The lowest BCUT2D eigenvalue weighted by Gasteiger charge is -2.32. The molecule has 0 heterocycles. The van der Waals surface area contributed by atoms with Crippen molar-refractivity contribution in [2.75, 3.05) is 0 Å². The molecule has 0 radical (unpaired) electrons. The first kappa shape index (κ1) is 18.1. The number of rotatable bonds is 8. The fourth-order valence-corrected chi connectivity index (χ4v) is 2.95. The fourth-order valence-electron chi connectivity index (χ4n) is 2.95. The number of ether oxygens (including phenoxy) is 1. The number of benzene rings is 2. The smallest absolute Gasteiger partial charge is 0.217 e. The second-order valence-corrected chi connectivity index (χ2v) is 6.23. The predicted molar refractivity (Wildman–Crippen MR) is 98.4 cm³/mol. The van der Waals surface area contributed by atoms with Gasteiger partial charge in [0.1, 0.15) is 11.5 Å². The Morgan fingerprint density at radius 1 is 0.958 bits per heavy atom. The monoisotopic (exact) mass is 325 g/mol. The van der Waals surface area contributed by atoms with Crippen LogP contribution in [0, 0.1) is 0 Å². The molecule has 3 heteroatoms. The summed E-state index contributed by atoms with van der Waals surface area (Å²) in [5.41, 5.74) is 1.15. The van der Waals surface area contributed by atoms with Crippen LogP contribution in [0.25, 0.3) is 0 Å². The average molecular weight is 325 g/mol. The summed E-state index contributed by atoms with van der Waals surface area (Å²) >= 11 is 0. The van der Waals surface area contributed by atoms with E-state index >= 15 is 0 Å². The van der Waals surface area contributed by atoms with E-state index in [4.69, 9.17) is 4.74 Å². The van der Waals surface area contributed by atoms with E-state index in [1.165, 1.54) is 5.56 Å². The molecule has 3 nitrogen and oxygen atoms in total. The molecule has 1 amide bonds. The van der Waals surface area contributed by atoms with Gasteiger partial charge in [-0.25, -0.2) is 0 Å². The number of hydrogen-bond donors (Lipinski definition) is 1. The van der Waals surface area contributed by atoms with Crippen LogP contribution in [0.3, 0.4) is 0 Å². The lowest BCUT2D eigenvalue weighted by Crippen LogP contribution is -2.47. The maximum Gasteiger partial charge on any atom is 0.217 e. The topological polar surface area (TPSA) is 38.3 Å². The summed E-state index contributed by atoms with van der Waals surface area (Å²) in [4.78, 5) is 11.5. The fraction of sp³-hybridized carbons (Fsp3) is 0.381. The summed E-state index contributed by atoms with van der Waals surface area (Å²) in [6.45, 7) is 5.86. The zero-order chi connectivity index (χ0) is 17.4. The van der Waals surface area contributed by atoms with Gasteiger partial charge in [0.15, 0.2) is 0 Å². The molecule has 0 aromatic heterocycles. The Morgan fingerprint density at radius 3 is 2.08 bits per heavy atom. The van der Waals surface area contributed by atoms with Gasteiger partial charge in [-0.15, -0.1) is 0 Å². The first-order valence-electron chi connectivity index (χ1n) is 8.67. The van der Waals surface area contributed by atoms with Gasteiger partial charge in [-0.3, -0.25) is 4.79 Å². The van der Waals surface area contributed by atoms with Crippen molar-refractivity contribution in [1.82, 2.24) is 5.32 Å². The van der Waals surface area contributed by atoms with Crippen LogP contribution in [0.2, 0.25) is 0 Å². The van der Waals surface area contributed by atoms with Crippen LogP contribution in [0.15, 0.2) is 54.6 Å². The lowest BCUT2D eigenvalue weighted by atomic mass is 9.86. The highest BCUT2D eigenvalue weighted by atomic mass is 16.5. The van der Waals surface area contributed by atoms with Gasteiger partial charge in [0, 0.05) is 12.5 Å². The van der Waals surface area contributed by atoms with Crippen molar-refractivity contribution in [2.24, 2.45) is 0 Å². The molecule has 0 fully saturated rings. The molecule has 2 aromatic rings. The molecule has 128 valence electrons. The van der Waals surface area contributed by atoms with Crippen LogP contribution < -0.4 is 10.1 Å². The summed E-state index contributed by atoms with van der Waals surface area (Å²) in [5, 5.41) is 3.14. The molecule has 0 saturated heterocycles. The van der Waals surface area contributed by atoms with Crippen molar-refractivity contribution in [3.8, 4) is 11.5 Å². The molecule has 2 rings (SSSR count). The predicted octanol–water partition coefficient (Wildman–Crippen LogP) is 5.11. The summed E-state index contributed by atoms with van der Waals surface area (Å²) in [5.74, 6) is 1.72. The van der Waals surface area contributed by atoms with E-state index in [2.05, 4.69) is 31.3 Å². The van der Waals surface area contributed by atoms with Crippen molar-refractivity contribution in [3.63, 3.8) is 0 Å². The molecule has 0 atom stereocenters. The standard InChI is InChI=1S/C21H27NO2/c1-4-21(5-2,22-17(3)23)16-15-18-11-13-20(14-12-18)24-19-9-7-6-8-10-19/h6-14H,4-5,15-16H2,1-3H3,(H,22,23). The number of nitrogens with one attached hydrogen (secondary N) is 1. The maximum atomic E-state index is 11.5. The van der Waals surface area contributed by atoms with E-state index in [0.29, 0.717) is 0 Å². The van der Waals surface area contributed by atoms with E-state index in [9.17, 15) is 4.79 Å². The van der Waals surface area contributed by atoms with Crippen LogP contribution >= 0.6 is 0 Å². The largest absolute Gasteiger partial charge is 0.457 e. The third-order valence-corrected chi connectivity index (χ3v) is 4.59. The molecule has 0 aliphatic carbocycles. The van der Waals surface area contributed by atoms with Crippen LogP contribution in [0.1, 0.15) is 45.6 Å². The Labute approximate surface area is 145 Å².